The van der Waals surface area contributed by atoms with Crippen molar-refractivity contribution in [3.05, 3.63) is 64.4 Å². The number of aliphatic hydroxyl groups excluding tert-OH is 1. The minimum Gasteiger partial charge on any atom is -0.497 e. The standard InChI is InChI=1S/C14H12ClFO2/c1-18-11-4-2-3-9(7-11)14(17)12-6-5-10(16)8-13(12)15/h2-8,14,17H,1H3. The van der Waals surface area contributed by atoms with Gasteiger partial charge in [0, 0.05) is 10.6 Å². The highest BCUT2D eigenvalue weighted by molar-refractivity contribution is 6.31. The van der Waals surface area contributed by atoms with E-state index in [1.54, 1.807) is 31.4 Å². The van der Waals surface area contributed by atoms with Gasteiger partial charge in [0.15, 0.2) is 0 Å². The van der Waals surface area contributed by atoms with Crippen molar-refractivity contribution in [2.24, 2.45) is 0 Å². The maximum Gasteiger partial charge on any atom is 0.124 e. The molecular formula is C14H12ClFO2. The highest BCUT2D eigenvalue weighted by atomic mass is 35.5. The van der Waals surface area contributed by atoms with E-state index in [2.05, 4.69) is 0 Å². The molecule has 1 unspecified atom stereocenters. The molecule has 0 aliphatic heterocycles. The second-order valence-electron chi connectivity index (χ2n) is 3.84. The van der Waals surface area contributed by atoms with Crippen molar-refractivity contribution in [1.82, 2.24) is 0 Å². The van der Waals surface area contributed by atoms with E-state index in [1.165, 1.54) is 18.2 Å². The number of halogens is 2. The molecule has 0 radical (unpaired) electrons. The van der Waals surface area contributed by atoms with E-state index in [1.807, 2.05) is 0 Å². The van der Waals surface area contributed by atoms with Gasteiger partial charge in [0.1, 0.15) is 17.7 Å². The van der Waals surface area contributed by atoms with Crippen LogP contribution in [-0.2, 0) is 0 Å². The zero-order valence-electron chi connectivity index (χ0n) is 9.73. The lowest BCUT2D eigenvalue weighted by Gasteiger charge is -2.14. The predicted octanol–water partition coefficient (Wildman–Crippen LogP) is 3.57. The Morgan fingerprint density at radius 2 is 2.00 bits per heavy atom. The third-order valence-electron chi connectivity index (χ3n) is 2.67. The Morgan fingerprint density at radius 1 is 1.22 bits per heavy atom. The molecule has 0 fully saturated rings. The average Bonchev–Trinajstić information content (AvgIpc) is 2.38. The van der Waals surface area contributed by atoms with Gasteiger partial charge in [0.25, 0.3) is 0 Å². The number of methoxy groups -OCH3 is 1. The summed E-state index contributed by atoms with van der Waals surface area (Å²) >= 11 is 5.92. The van der Waals surface area contributed by atoms with Crippen LogP contribution in [0.4, 0.5) is 4.39 Å². The van der Waals surface area contributed by atoms with Gasteiger partial charge in [-0.15, -0.1) is 0 Å². The van der Waals surface area contributed by atoms with Gasteiger partial charge in [-0.1, -0.05) is 29.8 Å². The Labute approximate surface area is 110 Å². The summed E-state index contributed by atoms with van der Waals surface area (Å²) in [5.41, 5.74) is 1.11. The van der Waals surface area contributed by atoms with E-state index < -0.39 is 11.9 Å². The van der Waals surface area contributed by atoms with Gasteiger partial charge in [-0.2, -0.15) is 0 Å². The molecule has 2 aromatic rings. The summed E-state index contributed by atoms with van der Waals surface area (Å²) in [6.45, 7) is 0. The van der Waals surface area contributed by atoms with Gasteiger partial charge >= 0.3 is 0 Å². The third kappa shape index (κ3) is 2.63. The summed E-state index contributed by atoms with van der Waals surface area (Å²) in [4.78, 5) is 0. The summed E-state index contributed by atoms with van der Waals surface area (Å²) in [7, 11) is 1.55. The van der Waals surface area contributed by atoms with E-state index in [-0.39, 0.29) is 5.02 Å². The van der Waals surface area contributed by atoms with E-state index in [0.717, 1.165) is 0 Å². The molecule has 4 heteroatoms. The van der Waals surface area contributed by atoms with Gasteiger partial charge in [-0.25, -0.2) is 4.39 Å². The molecular weight excluding hydrogens is 255 g/mol. The second kappa shape index (κ2) is 5.38. The van der Waals surface area contributed by atoms with E-state index in [4.69, 9.17) is 16.3 Å². The van der Waals surface area contributed by atoms with Crippen LogP contribution in [-0.4, -0.2) is 12.2 Å². The zero-order valence-corrected chi connectivity index (χ0v) is 10.5. The minimum atomic E-state index is -0.909. The Kier molecular flexibility index (Phi) is 3.84. The van der Waals surface area contributed by atoms with Crippen LogP contribution >= 0.6 is 11.6 Å². The maximum absolute atomic E-state index is 12.9. The third-order valence-corrected chi connectivity index (χ3v) is 2.99. The number of hydrogen-bond acceptors (Lipinski definition) is 2. The van der Waals surface area contributed by atoms with Crippen LogP contribution < -0.4 is 4.74 Å². The van der Waals surface area contributed by atoms with Crippen LogP contribution in [0.5, 0.6) is 5.75 Å². The van der Waals surface area contributed by atoms with Crippen molar-refractivity contribution >= 4 is 11.6 Å². The molecule has 94 valence electrons. The molecule has 0 saturated carbocycles. The molecule has 1 atom stereocenters. The summed E-state index contributed by atoms with van der Waals surface area (Å²) in [6, 6.07) is 10.9. The normalized spacial score (nSPS) is 12.2. The first-order valence-electron chi connectivity index (χ1n) is 5.39. The Balaban J connectivity index is 2.37. The number of rotatable bonds is 3. The van der Waals surface area contributed by atoms with Crippen molar-refractivity contribution in [2.75, 3.05) is 7.11 Å². The van der Waals surface area contributed by atoms with Crippen molar-refractivity contribution in [2.45, 2.75) is 6.10 Å². The molecule has 0 saturated heterocycles. The summed E-state index contributed by atoms with van der Waals surface area (Å²) in [5.74, 6) is 0.214. The van der Waals surface area contributed by atoms with Gasteiger partial charge < -0.3 is 9.84 Å². The molecule has 0 spiro atoms. The van der Waals surface area contributed by atoms with Crippen LogP contribution in [0.15, 0.2) is 42.5 Å². The second-order valence-corrected chi connectivity index (χ2v) is 4.25. The fraction of sp³-hybridized carbons (Fsp3) is 0.143. The molecule has 2 aromatic carbocycles. The molecule has 0 amide bonds. The quantitative estimate of drug-likeness (QED) is 0.920. The number of hydrogen-bond donors (Lipinski definition) is 1. The smallest absolute Gasteiger partial charge is 0.124 e. The molecule has 0 bridgehead atoms. The lowest BCUT2D eigenvalue weighted by atomic mass is 10.0. The van der Waals surface area contributed by atoms with E-state index >= 15 is 0 Å². The number of ether oxygens (including phenoxy) is 1. The monoisotopic (exact) mass is 266 g/mol. The lowest BCUT2D eigenvalue weighted by molar-refractivity contribution is 0.220. The first-order chi connectivity index (χ1) is 8.61. The SMILES string of the molecule is COc1cccc(C(O)c2ccc(F)cc2Cl)c1. The topological polar surface area (TPSA) is 29.5 Å². The van der Waals surface area contributed by atoms with Gasteiger partial charge in [-0.05, 0) is 29.8 Å². The van der Waals surface area contributed by atoms with Crippen molar-refractivity contribution in [3.8, 4) is 5.75 Å². The fourth-order valence-corrected chi connectivity index (χ4v) is 1.98. The maximum atomic E-state index is 12.9. The average molecular weight is 267 g/mol. The number of benzene rings is 2. The van der Waals surface area contributed by atoms with Crippen molar-refractivity contribution in [1.29, 1.82) is 0 Å². The van der Waals surface area contributed by atoms with Gasteiger partial charge in [-0.3, -0.25) is 0 Å². The van der Waals surface area contributed by atoms with E-state index in [9.17, 15) is 9.50 Å². The zero-order chi connectivity index (χ0) is 13.1. The molecule has 1 N–H and O–H groups in total. The van der Waals surface area contributed by atoms with Crippen molar-refractivity contribution in [3.63, 3.8) is 0 Å². The van der Waals surface area contributed by atoms with Crippen LogP contribution in [0.2, 0.25) is 5.02 Å². The largest absolute Gasteiger partial charge is 0.497 e. The first kappa shape index (κ1) is 12.9. The fourth-order valence-electron chi connectivity index (χ4n) is 1.71. The molecule has 0 heterocycles. The molecule has 0 aromatic heterocycles. The molecule has 0 aliphatic carbocycles. The molecule has 0 aliphatic rings. The van der Waals surface area contributed by atoms with Crippen LogP contribution in [0.3, 0.4) is 0 Å². The Bertz CT molecular complexity index is 557. The lowest BCUT2D eigenvalue weighted by Crippen LogP contribution is -2.01. The molecule has 18 heavy (non-hydrogen) atoms. The molecule has 2 rings (SSSR count). The van der Waals surface area contributed by atoms with Crippen LogP contribution in [0.1, 0.15) is 17.2 Å². The summed E-state index contributed by atoms with van der Waals surface area (Å²) in [6.07, 6.45) is -0.909. The summed E-state index contributed by atoms with van der Waals surface area (Å²) < 4.78 is 18.0. The first-order valence-corrected chi connectivity index (χ1v) is 5.76. The van der Waals surface area contributed by atoms with Gasteiger partial charge in [0.05, 0.1) is 7.11 Å². The predicted molar refractivity (Wildman–Crippen MR) is 68.5 cm³/mol. The highest BCUT2D eigenvalue weighted by Crippen LogP contribution is 2.30. The summed E-state index contributed by atoms with van der Waals surface area (Å²) in [5, 5.41) is 10.4. The minimum absolute atomic E-state index is 0.199. The van der Waals surface area contributed by atoms with Gasteiger partial charge in [0.2, 0.25) is 0 Å². The molecule has 2 nitrogen and oxygen atoms in total. The van der Waals surface area contributed by atoms with E-state index in [0.29, 0.717) is 16.9 Å². The van der Waals surface area contributed by atoms with Crippen LogP contribution in [0, 0.1) is 5.82 Å². The number of aliphatic hydroxyl groups is 1. The highest BCUT2D eigenvalue weighted by Gasteiger charge is 2.14. The van der Waals surface area contributed by atoms with Crippen molar-refractivity contribution < 1.29 is 14.2 Å². The van der Waals surface area contributed by atoms with Crippen LogP contribution in [0.25, 0.3) is 0 Å². The Hall–Kier alpha value is -1.58. The Morgan fingerprint density at radius 3 is 2.67 bits per heavy atom.